The molecule has 0 heterocycles. The van der Waals surface area contributed by atoms with Crippen molar-refractivity contribution >= 4 is 34.3 Å². The average Bonchev–Trinajstić information content (AvgIpc) is 2.99. The summed E-state index contributed by atoms with van der Waals surface area (Å²) in [5.74, 6) is -1.39. The maximum Gasteiger partial charge on any atom is 0.394 e. The highest BCUT2D eigenvalue weighted by Crippen LogP contribution is 2.31. The molecule has 1 aliphatic carbocycles. The van der Waals surface area contributed by atoms with Crippen LogP contribution >= 0.6 is 0 Å². The van der Waals surface area contributed by atoms with E-state index in [1.165, 1.54) is 54.6 Å². The van der Waals surface area contributed by atoms with Crippen molar-refractivity contribution in [3.63, 3.8) is 0 Å². The lowest BCUT2D eigenvalue weighted by Crippen LogP contribution is -2.39. The molecular formula is C36H43NO13S. The van der Waals surface area contributed by atoms with Crippen molar-refractivity contribution in [2.75, 3.05) is 6.61 Å². The number of aliphatic hydroxyl groups excluding tert-OH is 1. The van der Waals surface area contributed by atoms with E-state index in [1.54, 1.807) is 53.7 Å². The highest BCUT2D eigenvalue weighted by Gasteiger charge is 2.26. The third-order valence-electron chi connectivity index (χ3n) is 7.28. The SMILES string of the molecule is CC(C)(C)C(=O)Oc1ccc(C(=O)Oc2cc(OC(=O)c3ccc(OC(=O)C(C)(C)C)cc3)cc(C(CO)NC3CCC3)c2)cc1.O=S(=O)(O)O. The topological polar surface area (TPSA) is 212 Å². The van der Waals surface area contributed by atoms with Gasteiger partial charge in [-0.3, -0.25) is 18.7 Å². The molecule has 276 valence electrons. The summed E-state index contributed by atoms with van der Waals surface area (Å²) < 4.78 is 53.7. The third-order valence-corrected chi connectivity index (χ3v) is 7.28. The van der Waals surface area contributed by atoms with Crippen LogP contribution in [0.5, 0.6) is 23.0 Å². The minimum atomic E-state index is -4.67. The van der Waals surface area contributed by atoms with E-state index in [1.807, 2.05) is 0 Å². The summed E-state index contributed by atoms with van der Waals surface area (Å²) in [7, 11) is -4.67. The first kappa shape index (κ1) is 40.8. The van der Waals surface area contributed by atoms with Crippen LogP contribution in [0.2, 0.25) is 0 Å². The van der Waals surface area contributed by atoms with E-state index in [0.717, 1.165) is 19.3 Å². The Labute approximate surface area is 296 Å². The Morgan fingerprint density at radius 2 is 1.06 bits per heavy atom. The highest BCUT2D eigenvalue weighted by atomic mass is 32.3. The van der Waals surface area contributed by atoms with Gasteiger partial charge < -0.3 is 29.4 Å². The fourth-order valence-corrected chi connectivity index (χ4v) is 4.20. The number of hydrogen-bond acceptors (Lipinski definition) is 12. The molecule has 0 saturated heterocycles. The molecule has 4 rings (SSSR count). The van der Waals surface area contributed by atoms with Crippen LogP contribution in [0.3, 0.4) is 0 Å². The number of rotatable bonds is 10. The molecule has 15 heteroatoms. The number of carbonyl (C=O) groups excluding carboxylic acids is 4. The summed E-state index contributed by atoms with van der Waals surface area (Å²) in [6, 6.07) is 16.3. The van der Waals surface area contributed by atoms with Gasteiger partial charge in [0.05, 0.1) is 34.6 Å². The first-order valence-corrected chi connectivity index (χ1v) is 17.3. The van der Waals surface area contributed by atoms with E-state index in [2.05, 4.69) is 5.32 Å². The molecule has 14 nitrogen and oxygen atoms in total. The fourth-order valence-electron chi connectivity index (χ4n) is 4.20. The van der Waals surface area contributed by atoms with Crippen molar-refractivity contribution in [3.8, 4) is 23.0 Å². The van der Waals surface area contributed by atoms with Crippen LogP contribution in [0.25, 0.3) is 0 Å². The van der Waals surface area contributed by atoms with Gasteiger partial charge in [-0.2, -0.15) is 8.42 Å². The first-order valence-electron chi connectivity index (χ1n) is 15.9. The molecule has 1 aliphatic rings. The van der Waals surface area contributed by atoms with Crippen LogP contribution in [0.4, 0.5) is 0 Å². The first-order chi connectivity index (χ1) is 23.6. The number of carbonyl (C=O) groups is 4. The van der Waals surface area contributed by atoms with Gasteiger partial charge in [0.1, 0.15) is 23.0 Å². The molecule has 0 aromatic heterocycles. The Hall–Kier alpha value is -4.67. The Balaban J connectivity index is 0.00000131. The molecule has 0 spiro atoms. The molecule has 0 aliphatic heterocycles. The van der Waals surface area contributed by atoms with Crippen molar-refractivity contribution < 1.29 is 60.8 Å². The fraction of sp³-hybridized carbons (Fsp3) is 0.389. The minimum absolute atomic E-state index is 0.104. The van der Waals surface area contributed by atoms with Crippen LogP contribution < -0.4 is 24.3 Å². The van der Waals surface area contributed by atoms with Crippen LogP contribution in [0.1, 0.15) is 93.1 Å². The third kappa shape index (κ3) is 13.5. The van der Waals surface area contributed by atoms with Gasteiger partial charge in [-0.25, -0.2) is 9.59 Å². The van der Waals surface area contributed by atoms with E-state index in [-0.39, 0.29) is 35.3 Å². The van der Waals surface area contributed by atoms with E-state index in [0.29, 0.717) is 17.1 Å². The summed E-state index contributed by atoms with van der Waals surface area (Å²) in [4.78, 5) is 50.5. The van der Waals surface area contributed by atoms with Crippen LogP contribution in [-0.2, 0) is 20.0 Å². The zero-order chi connectivity index (χ0) is 38.1. The highest BCUT2D eigenvalue weighted by molar-refractivity contribution is 7.79. The number of esters is 4. The molecule has 1 saturated carbocycles. The van der Waals surface area contributed by atoms with Gasteiger partial charge in [0, 0.05) is 12.1 Å². The van der Waals surface area contributed by atoms with E-state index in [9.17, 15) is 24.3 Å². The largest absolute Gasteiger partial charge is 0.426 e. The zero-order valence-corrected chi connectivity index (χ0v) is 30.0. The molecule has 3 aromatic carbocycles. The van der Waals surface area contributed by atoms with Gasteiger partial charge in [-0.05, 0) is 121 Å². The summed E-state index contributed by atoms with van der Waals surface area (Å²) in [5.41, 5.74) is -0.394. The monoisotopic (exact) mass is 729 g/mol. The van der Waals surface area contributed by atoms with Crippen molar-refractivity contribution in [2.24, 2.45) is 10.8 Å². The van der Waals surface area contributed by atoms with Crippen LogP contribution in [-0.4, -0.2) is 59.2 Å². The second-order valence-electron chi connectivity index (χ2n) is 13.8. The molecule has 1 fully saturated rings. The van der Waals surface area contributed by atoms with Crippen molar-refractivity contribution in [1.29, 1.82) is 0 Å². The Kier molecular flexibility index (Phi) is 13.6. The molecular weight excluding hydrogens is 686 g/mol. The predicted octanol–water partition coefficient (Wildman–Crippen LogP) is 5.55. The summed E-state index contributed by atoms with van der Waals surface area (Å²) in [6.45, 7) is 10.2. The number of aliphatic hydroxyl groups is 1. The van der Waals surface area contributed by atoms with E-state index in [4.69, 9.17) is 36.5 Å². The standard InChI is InChI=1S/C36H41NO9.H2O4S/c1-35(2,3)33(41)45-26-14-10-22(11-15-26)31(39)43-28-18-24(30(21-38)37-25-8-7-9-25)19-29(20-28)44-32(40)23-12-16-27(17-13-23)46-34(42)36(4,5)6;1-5(2,3)4/h10-20,25,30,37-38H,7-9,21H2,1-6H3;(H2,1,2,3,4). The minimum Gasteiger partial charge on any atom is -0.426 e. The number of nitrogens with one attached hydrogen (secondary N) is 1. The molecule has 3 aromatic rings. The molecule has 0 amide bonds. The smallest absolute Gasteiger partial charge is 0.394 e. The lowest BCUT2D eigenvalue weighted by Gasteiger charge is -2.31. The number of benzene rings is 3. The van der Waals surface area contributed by atoms with Crippen LogP contribution in [0.15, 0.2) is 66.7 Å². The van der Waals surface area contributed by atoms with Gasteiger partial charge in [-0.15, -0.1) is 0 Å². The summed E-state index contributed by atoms with van der Waals surface area (Å²) >= 11 is 0. The van der Waals surface area contributed by atoms with Crippen molar-refractivity contribution in [2.45, 2.75) is 72.9 Å². The predicted molar refractivity (Wildman–Crippen MR) is 184 cm³/mol. The van der Waals surface area contributed by atoms with Gasteiger partial charge in [0.25, 0.3) is 0 Å². The lowest BCUT2D eigenvalue weighted by molar-refractivity contribution is -0.143. The molecule has 0 radical (unpaired) electrons. The quantitative estimate of drug-likeness (QED) is 0.115. The van der Waals surface area contributed by atoms with Gasteiger partial charge in [0.15, 0.2) is 0 Å². The summed E-state index contributed by atoms with van der Waals surface area (Å²) in [5, 5.41) is 13.6. The Bertz CT molecular complexity index is 1690. The molecule has 4 N–H and O–H groups in total. The molecule has 1 atom stereocenters. The Morgan fingerprint density at radius 3 is 1.35 bits per heavy atom. The lowest BCUT2D eigenvalue weighted by atomic mass is 9.91. The maximum absolute atomic E-state index is 13.1. The van der Waals surface area contributed by atoms with E-state index < -0.39 is 51.1 Å². The second kappa shape index (κ2) is 17.0. The molecule has 1 unspecified atom stereocenters. The van der Waals surface area contributed by atoms with Crippen molar-refractivity contribution in [1.82, 2.24) is 5.32 Å². The van der Waals surface area contributed by atoms with Gasteiger partial charge in [-0.1, -0.05) is 6.42 Å². The zero-order valence-electron chi connectivity index (χ0n) is 29.2. The van der Waals surface area contributed by atoms with Crippen molar-refractivity contribution in [3.05, 3.63) is 83.4 Å². The summed E-state index contributed by atoms with van der Waals surface area (Å²) in [6.07, 6.45) is 3.06. The Morgan fingerprint density at radius 1 is 0.686 bits per heavy atom. The van der Waals surface area contributed by atoms with Gasteiger partial charge in [0.2, 0.25) is 0 Å². The number of hydrogen-bond donors (Lipinski definition) is 4. The molecule has 0 bridgehead atoms. The normalized spacial score (nSPS) is 13.8. The average molecular weight is 730 g/mol. The van der Waals surface area contributed by atoms with Crippen LogP contribution in [0, 0.1) is 10.8 Å². The second-order valence-corrected chi connectivity index (χ2v) is 14.7. The van der Waals surface area contributed by atoms with Gasteiger partial charge >= 0.3 is 34.3 Å². The maximum atomic E-state index is 13.1. The van der Waals surface area contributed by atoms with E-state index >= 15 is 0 Å². The number of ether oxygens (including phenoxy) is 4. The molecule has 51 heavy (non-hydrogen) atoms.